The van der Waals surface area contributed by atoms with E-state index in [9.17, 15) is 4.79 Å². The summed E-state index contributed by atoms with van der Waals surface area (Å²) in [6.07, 6.45) is 0. The summed E-state index contributed by atoms with van der Waals surface area (Å²) in [6.45, 7) is 2.81. The van der Waals surface area contributed by atoms with Crippen molar-refractivity contribution in [3.05, 3.63) is 62.5 Å². The first-order chi connectivity index (χ1) is 9.61. The normalized spacial score (nSPS) is 10.9. The van der Waals surface area contributed by atoms with Crippen LogP contribution < -0.4 is 11.0 Å². The van der Waals surface area contributed by atoms with E-state index >= 15 is 0 Å². The molecule has 0 saturated carbocycles. The first kappa shape index (κ1) is 13.0. The molecule has 0 spiro atoms. The zero-order chi connectivity index (χ0) is 14.1. The molecule has 3 rings (SSSR count). The van der Waals surface area contributed by atoms with Crippen LogP contribution in [0, 0.1) is 6.92 Å². The van der Waals surface area contributed by atoms with Gasteiger partial charge in [-0.05, 0) is 40.5 Å². The van der Waals surface area contributed by atoms with E-state index in [4.69, 9.17) is 0 Å². The molecule has 0 bridgehead atoms. The quantitative estimate of drug-likeness (QED) is 0.687. The Bertz CT molecular complexity index is 802. The summed E-state index contributed by atoms with van der Waals surface area (Å²) in [5.74, 6) is 0. The van der Waals surface area contributed by atoms with Gasteiger partial charge in [-0.1, -0.05) is 29.8 Å². The lowest BCUT2D eigenvalue weighted by Gasteiger charge is -2.09. The molecule has 0 radical (unpaired) electrons. The van der Waals surface area contributed by atoms with E-state index in [0.29, 0.717) is 0 Å². The third-order valence-corrected chi connectivity index (χ3v) is 3.86. The Balaban J connectivity index is 1.84. The van der Waals surface area contributed by atoms with Gasteiger partial charge < -0.3 is 15.3 Å². The van der Waals surface area contributed by atoms with Crippen molar-refractivity contribution in [3.8, 4) is 0 Å². The van der Waals surface area contributed by atoms with Crippen LogP contribution in [-0.4, -0.2) is 9.97 Å². The van der Waals surface area contributed by atoms with E-state index in [-0.39, 0.29) is 5.69 Å². The average molecular weight is 332 g/mol. The van der Waals surface area contributed by atoms with Crippen molar-refractivity contribution in [1.29, 1.82) is 0 Å². The molecule has 3 aromatic rings. The molecule has 1 heterocycles. The number of rotatable bonds is 3. The average Bonchev–Trinajstić information content (AvgIpc) is 2.77. The zero-order valence-corrected chi connectivity index (χ0v) is 12.5. The van der Waals surface area contributed by atoms with Gasteiger partial charge in [0.2, 0.25) is 0 Å². The second-order valence-electron chi connectivity index (χ2n) is 4.80. The van der Waals surface area contributed by atoms with Crippen LogP contribution in [0.5, 0.6) is 0 Å². The molecule has 102 valence electrons. The molecule has 1 aromatic heterocycles. The minimum absolute atomic E-state index is 0.192. The number of aromatic nitrogens is 2. The van der Waals surface area contributed by atoms with Crippen LogP contribution >= 0.6 is 15.9 Å². The van der Waals surface area contributed by atoms with Crippen LogP contribution in [0.4, 0.5) is 5.69 Å². The van der Waals surface area contributed by atoms with Crippen molar-refractivity contribution in [2.24, 2.45) is 0 Å². The van der Waals surface area contributed by atoms with Crippen molar-refractivity contribution in [2.45, 2.75) is 13.5 Å². The predicted octanol–water partition coefficient (Wildman–Crippen LogP) is 3.54. The molecule has 0 saturated heterocycles. The number of fused-ring (bicyclic) bond motifs is 1. The van der Waals surface area contributed by atoms with Crippen molar-refractivity contribution in [2.75, 3.05) is 5.32 Å². The van der Waals surface area contributed by atoms with Gasteiger partial charge in [0.1, 0.15) is 0 Å². The van der Waals surface area contributed by atoms with Crippen LogP contribution in [0.1, 0.15) is 11.1 Å². The van der Waals surface area contributed by atoms with Gasteiger partial charge in [0.15, 0.2) is 0 Å². The minimum Gasteiger partial charge on any atom is -0.380 e. The number of hydrogen-bond acceptors (Lipinski definition) is 2. The monoisotopic (exact) mass is 331 g/mol. The second kappa shape index (κ2) is 5.17. The standard InChI is InChI=1S/C15H14BrN3O/c1-9-2-4-10(5-3-9)8-17-12-7-14-13(6-11(12)16)18-15(20)19-14/h2-7,17H,8H2,1H3,(H2,18,19,20). The van der Waals surface area contributed by atoms with Crippen LogP contribution in [0.25, 0.3) is 11.0 Å². The lowest BCUT2D eigenvalue weighted by molar-refractivity contribution is 1.14. The highest BCUT2D eigenvalue weighted by molar-refractivity contribution is 9.10. The molecule has 0 atom stereocenters. The molecule has 4 nitrogen and oxygen atoms in total. The van der Waals surface area contributed by atoms with Crippen molar-refractivity contribution >= 4 is 32.7 Å². The number of halogens is 1. The summed E-state index contributed by atoms with van der Waals surface area (Å²) >= 11 is 3.51. The number of anilines is 1. The minimum atomic E-state index is -0.192. The molecular formula is C15H14BrN3O. The maximum absolute atomic E-state index is 11.3. The van der Waals surface area contributed by atoms with Crippen LogP contribution in [0.15, 0.2) is 45.7 Å². The van der Waals surface area contributed by atoms with E-state index in [2.05, 4.69) is 62.4 Å². The fourth-order valence-corrected chi connectivity index (χ4v) is 2.58. The highest BCUT2D eigenvalue weighted by Crippen LogP contribution is 2.26. The van der Waals surface area contributed by atoms with Gasteiger partial charge in [-0.25, -0.2) is 4.79 Å². The molecular weight excluding hydrogens is 318 g/mol. The Morgan fingerprint density at radius 2 is 1.75 bits per heavy atom. The number of aryl methyl sites for hydroxylation is 1. The summed E-state index contributed by atoms with van der Waals surface area (Å²) in [7, 11) is 0. The first-order valence-corrected chi connectivity index (χ1v) is 7.12. The maximum atomic E-state index is 11.3. The lowest BCUT2D eigenvalue weighted by Crippen LogP contribution is -2.00. The molecule has 20 heavy (non-hydrogen) atoms. The zero-order valence-electron chi connectivity index (χ0n) is 11.0. The Labute approximate surface area is 124 Å². The Morgan fingerprint density at radius 3 is 2.45 bits per heavy atom. The second-order valence-corrected chi connectivity index (χ2v) is 5.65. The molecule has 0 aliphatic rings. The van der Waals surface area contributed by atoms with E-state index in [1.807, 2.05) is 12.1 Å². The lowest BCUT2D eigenvalue weighted by atomic mass is 10.1. The molecule has 0 unspecified atom stereocenters. The van der Waals surface area contributed by atoms with E-state index < -0.39 is 0 Å². The van der Waals surface area contributed by atoms with Crippen LogP contribution in [0.2, 0.25) is 0 Å². The van der Waals surface area contributed by atoms with E-state index in [0.717, 1.165) is 27.7 Å². The van der Waals surface area contributed by atoms with Crippen molar-refractivity contribution in [3.63, 3.8) is 0 Å². The summed E-state index contributed by atoms with van der Waals surface area (Å²) in [6, 6.07) is 12.2. The van der Waals surface area contributed by atoms with Gasteiger partial charge in [-0.3, -0.25) is 0 Å². The van der Waals surface area contributed by atoms with Crippen molar-refractivity contribution < 1.29 is 0 Å². The van der Waals surface area contributed by atoms with E-state index in [1.165, 1.54) is 11.1 Å². The molecule has 0 amide bonds. The smallest absolute Gasteiger partial charge is 0.323 e. The molecule has 0 fully saturated rings. The number of aromatic amines is 2. The molecule has 0 aliphatic carbocycles. The predicted molar refractivity (Wildman–Crippen MR) is 85.1 cm³/mol. The SMILES string of the molecule is Cc1ccc(CNc2cc3[nH]c(=O)[nH]c3cc2Br)cc1. The molecule has 3 N–H and O–H groups in total. The third kappa shape index (κ3) is 2.63. The molecule has 0 aliphatic heterocycles. The number of nitrogens with one attached hydrogen (secondary N) is 3. The first-order valence-electron chi connectivity index (χ1n) is 6.33. The Morgan fingerprint density at radius 1 is 1.10 bits per heavy atom. The van der Waals surface area contributed by atoms with Crippen molar-refractivity contribution in [1.82, 2.24) is 9.97 Å². The van der Waals surface area contributed by atoms with Gasteiger partial charge in [0.05, 0.1) is 16.7 Å². The van der Waals surface area contributed by atoms with Gasteiger partial charge in [-0.2, -0.15) is 0 Å². The largest absolute Gasteiger partial charge is 0.380 e. The molecule has 5 heteroatoms. The Hall–Kier alpha value is -2.01. The fraction of sp³-hybridized carbons (Fsp3) is 0.133. The van der Waals surface area contributed by atoms with Crippen LogP contribution in [0.3, 0.4) is 0 Å². The topological polar surface area (TPSA) is 60.7 Å². The highest BCUT2D eigenvalue weighted by Gasteiger charge is 2.05. The summed E-state index contributed by atoms with van der Waals surface area (Å²) in [4.78, 5) is 16.8. The van der Waals surface area contributed by atoms with E-state index in [1.54, 1.807) is 0 Å². The summed E-state index contributed by atoms with van der Waals surface area (Å²) in [5.41, 5.74) is 4.81. The van der Waals surface area contributed by atoms with Gasteiger partial charge >= 0.3 is 5.69 Å². The number of hydrogen-bond donors (Lipinski definition) is 3. The van der Waals surface area contributed by atoms with Crippen LogP contribution in [-0.2, 0) is 6.54 Å². The number of benzene rings is 2. The van der Waals surface area contributed by atoms with Gasteiger partial charge in [0.25, 0.3) is 0 Å². The summed E-state index contributed by atoms with van der Waals surface area (Å²) < 4.78 is 0.923. The number of imidazole rings is 1. The van der Waals surface area contributed by atoms with Gasteiger partial charge in [-0.15, -0.1) is 0 Å². The highest BCUT2D eigenvalue weighted by atomic mass is 79.9. The number of H-pyrrole nitrogens is 2. The molecule has 2 aromatic carbocycles. The van der Waals surface area contributed by atoms with Gasteiger partial charge in [0, 0.05) is 11.0 Å². The Kier molecular flexibility index (Phi) is 3.36. The third-order valence-electron chi connectivity index (χ3n) is 3.21. The maximum Gasteiger partial charge on any atom is 0.323 e. The fourth-order valence-electron chi connectivity index (χ4n) is 2.09. The summed E-state index contributed by atoms with van der Waals surface area (Å²) in [5, 5.41) is 3.37.